The molecule has 1 fully saturated rings. The maximum atomic E-state index is 6.24. The minimum atomic E-state index is 0. The van der Waals surface area contributed by atoms with Crippen molar-refractivity contribution in [3.63, 3.8) is 0 Å². The van der Waals surface area contributed by atoms with E-state index in [9.17, 15) is 0 Å². The largest absolute Gasteiger partial charge is 0.376 e. The monoisotopic (exact) mass is 311 g/mol. The lowest BCUT2D eigenvalue weighted by Gasteiger charge is -2.32. The predicted octanol–water partition coefficient (Wildman–Crippen LogP) is 4.49. The van der Waals surface area contributed by atoms with Gasteiger partial charge in [0.25, 0.3) is 0 Å². The smallest absolute Gasteiger partial charge is 0.0644 e. The molecule has 120 valence electrons. The minimum absolute atomic E-state index is 0. The van der Waals surface area contributed by atoms with Crippen LogP contribution in [0.15, 0.2) is 30.3 Å². The van der Waals surface area contributed by atoms with Crippen molar-refractivity contribution in [3.8, 4) is 0 Å². The molecule has 2 atom stereocenters. The van der Waals surface area contributed by atoms with E-state index in [2.05, 4.69) is 49.1 Å². The summed E-state index contributed by atoms with van der Waals surface area (Å²) >= 11 is 0. The highest BCUT2D eigenvalue weighted by molar-refractivity contribution is 5.85. The third kappa shape index (κ3) is 5.61. The van der Waals surface area contributed by atoms with Crippen LogP contribution < -0.4 is 0 Å². The van der Waals surface area contributed by atoms with Crippen LogP contribution in [0.3, 0.4) is 0 Å². The topological polar surface area (TPSA) is 12.5 Å². The Bertz CT molecular complexity index is 367. The van der Waals surface area contributed by atoms with Gasteiger partial charge in [-0.15, -0.1) is 12.4 Å². The number of benzene rings is 1. The molecular formula is C18H30ClNO. The van der Waals surface area contributed by atoms with Gasteiger partial charge in [-0.2, -0.15) is 0 Å². The first-order chi connectivity index (χ1) is 9.85. The first-order valence-corrected chi connectivity index (χ1v) is 8.24. The van der Waals surface area contributed by atoms with E-state index < -0.39 is 0 Å². The van der Waals surface area contributed by atoms with Crippen LogP contribution in [0.4, 0.5) is 0 Å². The van der Waals surface area contributed by atoms with Gasteiger partial charge in [0.2, 0.25) is 0 Å². The van der Waals surface area contributed by atoms with Crippen LogP contribution in [-0.2, 0) is 4.74 Å². The predicted molar refractivity (Wildman–Crippen MR) is 92.4 cm³/mol. The Labute approximate surface area is 136 Å². The van der Waals surface area contributed by atoms with E-state index in [1.54, 1.807) is 0 Å². The summed E-state index contributed by atoms with van der Waals surface area (Å²) in [6.45, 7) is 8.60. The molecule has 0 aromatic heterocycles. The van der Waals surface area contributed by atoms with Gasteiger partial charge >= 0.3 is 0 Å². The molecule has 1 aromatic rings. The van der Waals surface area contributed by atoms with E-state index in [-0.39, 0.29) is 12.4 Å². The molecule has 1 saturated carbocycles. The maximum absolute atomic E-state index is 6.24. The van der Waals surface area contributed by atoms with Crippen molar-refractivity contribution in [1.82, 2.24) is 4.90 Å². The van der Waals surface area contributed by atoms with Crippen molar-refractivity contribution in [2.75, 3.05) is 26.2 Å². The van der Waals surface area contributed by atoms with Gasteiger partial charge in [-0.1, -0.05) is 57.0 Å². The van der Waals surface area contributed by atoms with Crippen molar-refractivity contribution in [3.05, 3.63) is 35.9 Å². The van der Waals surface area contributed by atoms with Crippen molar-refractivity contribution in [1.29, 1.82) is 0 Å². The van der Waals surface area contributed by atoms with Gasteiger partial charge in [-0.25, -0.2) is 0 Å². The van der Waals surface area contributed by atoms with Crippen LogP contribution in [0.25, 0.3) is 0 Å². The van der Waals surface area contributed by atoms with Crippen molar-refractivity contribution in [2.45, 2.75) is 51.6 Å². The number of hydrogen-bond acceptors (Lipinski definition) is 2. The van der Waals surface area contributed by atoms with Crippen molar-refractivity contribution < 1.29 is 4.74 Å². The van der Waals surface area contributed by atoms with E-state index in [0.29, 0.717) is 12.0 Å². The molecule has 0 radical (unpaired) electrons. The lowest BCUT2D eigenvalue weighted by molar-refractivity contribution is 0.00350. The Kier molecular flexibility index (Phi) is 8.98. The molecule has 0 heterocycles. The number of nitrogens with zero attached hydrogens (tertiary/aromatic N) is 1. The first kappa shape index (κ1) is 18.5. The molecule has 0 N–H and O–H groups in total. The second-order valence-corrected chi connectivity index (χ2v) is 5.74. The summed E-state index contributed by atoms with van der Waals surface area (Å²) in [5, 5.41) is 0. The van der Waals surface area contributed by atoms with Gasteiger partial charge in [0.15, 0.2) is 0 Å². The zero-order valence-electron chi connectivity index (χ0n) is 13.5. The second kappa shape index (κ2) is 10.2. The molecule has 0 bridgehead atoms. The summed E-state index contributed by atoms with van der Waals surface area (Å²) in [6.07, 6.45) is 5.58. The molecule has 0 saturated heterocycles. The van der Waals surface area contributed by atoms with Gasteiger partial charge in [0.05, 0.1) is 12.7 Å². The zero-order valence-corrected chi connectivity index (χ0v) is 14.3. The summed E-state index contributed by atoms with van der Waals surface area (Å²) in [5.74, 6) is 0.599. The summed E-state index contributed by atoms with van der Waals surface area (Å²) in [7, 11) is 0. The van der Waals surface area contributed by atoms with Crippen molar-refractivity contribution >= 4 is 12.4 Å². The Morgan fingerprint density at radius 2 is 1.71 bits per heavy atom. The van der Waals surface area contributed by atoms with Crippen LogP contribution in [0.1, 0.15) is 51.0 Å². The van der Waals surface area contributed by atoms with Crippen molar-refractivity contribution in [2.24, 2.45) is 0 Å². The number of hydrogen-bond donors (Lipinski definition) is 0. The van der Waals surface area contributed by atoms with E-state index in [4.69, 9.17) is 4.74 Å². The fraction of sp³-hybridized carbons (Fsp3) is 0.667. The normalized spacial score (nSPS) is 22.0. The van der Waals surface area contributed by atoms with Gasteiger partial charge < -0.3 is 9.64 Å². The molecule has 3 heteroatoms. The molecule has 1 aromatic carbocycles. The van der Waals surface area contributed by atoms with Gasteiger partial charge in [0, 0.05) is 12.5 Å². The molecule has 0 spiro atoms. The molecule has 2 rings (SSSR count). The summed E-state index contributed by atoms with van der Waals surface area (Å²) in [6, 6.07) is 10.9. The second-order valence-electron chi connectivity index (χ2n) is 5.74. The van der Waals surface area contributed by atoms with Crippen LogP contribution in [-0.4, -0.2) is 37.2 Å². The molecule has 0 amide bonds. The Hall–Kier alpha value is -0.570. The summed E-state index contributed by atoms with van der Waals surface area (Å²) in [5.41, 5.74) is 1.46. The molecule has 0 aliphatic heterocycles. The van der Waals surface area contributed by atoms with Crippen LogP contribution in [0.2, 0.25) is 0 Å². The highest BCUT2D eigenvalue weighted by Gasteiger charge is 2.26. The van der Waals surface area contributed by atoms with Gasteiger partial charge in [-0.05, 0) is 31.5 Å². The highest BCUT2D eigenvalue weighted by Crippen LogP contribution is 2.34. The number of ether oxygens (including phenoxy) is 1. The Morgan fingerprint density at radius 3 is 2.38 bits per heavy atom. The van der Waals surface area contributed by atoms with Crippen LogP contribution >= 0.6 is 12.4 Å². The van der Waals surface area contributed by atoms with E-state index in [0.717, 1.165) is 26.2 Å². The molecule has 1 aliphatic carbocycles. The summed E-state index contributed by atoms with van der Waals surface area (Å²) in [4.78, 5) is 2.43. The number of likely N-dealkylation sites (N-methyl/N-ethyl adjacent to an activating group) is 1. The molecule has 0 unspecified atom stereocenters. The standard InChI is InChI=1S/C18H29NO.ClH/c1-3-19(4-2)14-15-20-18-13-9-8-12-17(18)16-10-6-5-7-11-16;/h5-7,10-11,17-18H,3-4,8-9,12-15H2,1-2H3;1H/t17-,18-;/m1./s1. The Balaban J connectivity index is 0.00000220. The third-order valence-electron chi connectivity index (χ3n) is 4.56. The molecular weight excluding hydrogens is 282 g/mol. The fourth-order valence-electron chi connectivity index (χ4n) is 3.25. The molecule has 1 aliphatic rings. The SMILES string of the molecule is CCN(CC)CCO[C@@H]1CCCC[C@@H]1c1ccccc1.Cl. The molecule has 2 nitrogen and oxygen atoms in total. The lowest BCUT2D eigenvalue weighted by atomic mass is 9.81. The quantitative estimate of drug-likeness (QED) is 0.735. The van der Waals surface area contributed by atoms with Gasteiger partial charge in [0.1, 0.15) is 0 Å². The average molecular weight is 312 g/mol. The number of rotatable bonds is 7. The highest BCUT2D eigenvalue weighted by atomic mass is 35.5. The molecule has 21 heavy (non-hydrogen) atoms. The zero-order chi connectivity index (χ0) is 14.2. The fourth-order valence-corrected chi connectivity index (χ4v) is 3.25. The lowest BCUT2D eigenvalue weighted by Crippen LogP contribution is -2.32. The summed E-state index contributed by atoms with van der Waals surface area (Å²) < 4.78 is 6.24. The third-order valence-corrected chi connectivity index (χ3v) is 4.56. The van der Waals surface area contributed by atoms with E-state index in [1.165, 1.54) is 31.2 Å². The van der Waals surface area contributed by atoms with E-state index >= 15 is 0 Å². The van der Waals surface area contributed by atoms with Crippen LogP contribution in [0, 0.1) is 0 Å². The number of halogens is 1. The minimum Gasteiger partial charge on any atom is -0.376 e. The van der Waals surface area contributed by atoms with E-state index in [1.807, 2.05) is 0 Å². The van der Waals surface area contributed by atoms with Crippen LogP contribution in [0.5, 0.6) is 0 Å². The Morgan fingerprint density at radius 1 is 1.05 bits per heavy atom. The van der Waals surface area contributed by atoms with Gasteiger partial charge in [-0.3, -0.25) is 0 Å². The maximum Gasteiger partial charge on any atom is 0.0644 e. The first-order valence-electron chi connectivity index (χ1n) is 8.24. The average Bonchev–Trinajstić information content (AvgIpc) is 2.53.